The van der Waals surface area contributed by atoms with Crippen LogP contribution in [0.25, 0.3) is 0 Å². The van der Waals surface area contributed by atoms with Crippen LogP contribution in [0, 0.1) is 11.6 Å². The van der Waals surface area contributed by atoms with Crippen LogP contribution < -0.4 is 5.32 Å². The fourth-order valence-corrected chi connectivity index (χ4v) is 1.85. The van der Waals surface area contributed by atoms with Gasteiger partial charge in [-0.25, -0.2) is 8.78 Å². The maximum atomic E-state index is 13.5. The van der Waals surface area contributed by atoms with Gasteiger partial charge < -0.3 is 5.32 Å². The highest BCUT2D eigenvalue weighted by Crippen LogP contribution is 2.21. The first-order chi connectivity index (χ1) is 7.66. The lowest BCUT2D eigenvalue weighted by atomic mass is 10.2. The molecule has 0 heterocycles. The molecule has 16 heavy (non-hydrogen) atoms. The molecule has 1 aromatic rings. The minimum atomic E-state index is -0.537. The van der Waals surface area contributed by atoms with E-state index in [1.54, 1.807) is 0 Å². The third kappa shape index (κ3) is 4.00. The van der Waals surface area contributed by atoms with Crippen LogP contribution in [0.2, 0.25) is 0 Å². The lowest BCUT2D eigenvalue weighted by Gasteiger charge is -2.07. The van der Waals surface area contributed by atoms with Gasteiger partial charge in [-0.1, -0.05) is 0 Å². The van der Waals surface area contributed by atoms with Crippen LogP contribution in [0.3, 0.4) is 0 Å². The molecule has 0 fully saturated rings. The van der Waals surface area contributed by atoms with Crippen molar-refractivity contribution in [2.45, 2.75) is 19.4 Å². The van der Waals surface area contributed by atoms with E-state index in [2.05, 4.69) is 21.2 Å². The summed E-state index contributed by atoms with van der Waals surface area (Å²) in [5.41, 5.74) is 0.0697. The van der Waals surface area contributed by atoms with E-state index in [1.807, 2.05) is 0 Å². The van der Waals surface area contributed by atoms with Crippen molar-refractivity contribution in [3.05, 3.63) is 33.8 Å². The molecule has 0 aliphatic carbocycles. The van der Waals surface area contributed by atoms with E-state index >= 15 is 0 Å². The Morgan fingerprint density at radius 3 is 2.69 bits per heavy atom. The molecule has 90 valence electrons. The third-order valence-electron chi connectivity index (χ3n) is 2.18. The minimum absolute atomic E-state index is 0.0697. The zero-order chi connectivity index (χ0) is 12.0. The van der Waals surface area contributed by atoms with E-state index in [0.29, 0.717) is 12.4 Å². The van der Waals surface area contributed by atoms with Crippen molar-refractivity contribution in [1.29, 1.82) is 0 Å². The Balaban J connectivity index is 2.50. The molecule has 0 radical (unpaired) electrons. The molecule has 0 amide bonds. The Labute approximate surface area is 107 Å². The van der Waals surface area contributed by atoms with Gasteiger partial charge in [0.1, 0.15) is 11.6 Å². The summed E-state index contributed by atoms with van der Waals surface area (Å²) in [5, 5.41) is 2.99. The number of hydrogen-bond donors (Lipinski definition) is 1. The summed E-state index contributed by atoms with van der Waals surface area (Å²) < 4.78 is 27.1. The maximum absolute atomic E-state index is 13.5. The monoisotopic (exact) mass is 311 g/mol. The standard InChI is InChI=1S/C11H13BrClF2N/c12-9-3-4-10(14)8(11(9)15)7-16-6-2-1-5-13/h3-4,16H,1-2,5-7H2. The van der Waals surface area contributed by atoms with Crippen LogP contribution in [0.4, 0.5) is 8.78 Å². The molecular formula is C11H13BrClF2N. The molecule has 1 nitrogen and oxygen atoms in total. The van der Waals surface area contributed by atoms with Crippen molar-refractivity contribution >= 4 is 27.5 Å². The number of alkyl halides is 1. The predicted octanol–water partition coefficient (Wildman–Crippen LogP) is 3.84. The summed E-state index contributed by atoms with van der Waals surface area (Å²) >= 11 is 8.54. The lowest BCUT2D eigenvalue weighted by molar-refractivity contribution is 0.528. The minimum Gasteiger partial charge on any atom is -0.312 e. The summed E-state index contributed by atoms with van der Waals surface area (Å²) in [6.45, 7) is 0.900. The molecule has 1 N–H and O–H groups in total. The average molecular weight is 313 g/mol. The molecule has 0 aromatic heterocycles. The van der Waals surface area contributed by atoms with Gasteiger partial charge in [0.05, 0.1) is 4.47 Å². The second kappa shape index (κ2) is 7.20. The van der Waals surface area contributed by atoms with Crippen molar-refractivity contribution in [1.82, 2.24) is 5.32 Å². The average Bonchev–Trinajstić information content (AvgIpc) is 2.28. The van der Waals surface area contributed by atoms with E-state index in [-0.39, 0.29) is 16.6 Å². The van der Waals surface area contributed by atoms with Gasteiger partial charge in [0.15, 0.2) is 0 Å². The number of benzene rings is 1. The molecule has 0 unspecified atom stereocenters. The number of nitrogens with one attached hydrogen (secondary N) is 1. The van der Waals surface area contributed by atoms with Gasteiger partial charge >= 0.3 is 0 Å². The zero-order valence-corrected chi connectivity index (χ0v) is 11.0. The molecular weight excluding hydrogens is 299 g/mol. The topological polar surface area (TPSA) is 12.0 Å². The van der Waals surface area contributed by atoms with Gasteiger partial charge in [0, 0.05) is 18.0 Å². The Kier molecular flexibility index (Phi) is 6.24. The molecule has 0 atom stereocenters. The van der Waals surface area contributed by atoms with Crippen molar-refractivity contribution in [3.8, 4) is 0 Å². The van der Waals surface area contributed by atoms with Crippen LogP contribution in [0.15, 0.2) is 16.6 Å². The first kappa shape index (κ1) is 13.9. The number of unbranched alkanes of at least 4 members (excludes halogenated alkanes) is 1. The van der Waals surface area contributed by atoms with Gasteiger partial charge in [-0.05, 0) is 47.4 Å². The lowest BCUT2D eigenvalue weighted by Crippen LogP contribution is -2.17. The summed E-state index contributed by atoms with van der Waals surface area (Å²) in [5.74, 6) is -0.447. The van der Waals surface area contributed by atoms with Crippen molar-refractivity contribution < 1.29 is 8.78 Å². The fourth-order valence-electron chi connectivity index (χ4n) is 1.29. The molecule has 5 heteroatoms. The van der Waals surface area contributed by atoms with Gasteiger partial charge in [-0.15, -0.1) is 11.6 Å². The van der Waals surface area contributed by atoms with Crippen molar-refractivity contribution in [2.24, 2.45) is 0 Å². The van der Waals surface area contributed by atoms with E-state index in [4.69, 9.17) is 11.6 Å². The molecule has 0 saturated heterocycles. The second-order valence-corrected chi connectivity index (χ2v) is 4.63. The van der Waals surface area contributed by atoms with E-state index in [9.17, 15) is 8.78 Å². The number of rotatable bonds is 6. The summed E-state index contributed by atoms with van der Waals surface area (Å²) in [7, 11) is 0. The Hall–Kier alpha value is -0.190. The molecule has 0 aliphatic rings. The SMILES string of the molecule is Fc1ccc(Br)c(F)c1CNCCCCCl. The summed E-state index contributed by atoms with van der Waals surface area (Å²) in [4.78, 5) is 0. The molecule has 1 aromatic carbocycles. The zero-order valence-electron chi connectivity index (χ0n) is 8.70. The molecule has 0 aliphatic heterocycles. The Morgan fingerprint density at radius 1 is 1.25 bits per heavy atom. The van der Waals surface area contributed by atoms with Crippen LogP contribution in [0.5, 0.6) is 0 Å². The smallest absolute Gasteiger partial charge is 0.144 e. The normalized spacial score (nSPS) is 10.8. The largest absolute Gasteiger partial charge is 0.312 e. The van der Waals surface area contributed by atoms with Crippen LogP contribution in [-0.4, -0.2) is 12.4 Å². The highest BCUT2D eigenvalue weighted by Gasteiger charge is 2.11. The van der Waals surface area contributed by atoms with Gasteiger partial charge in [-0.2, -0.15) is 0 Å². The van der Waals surface area contributed by atoms with Crippen LogP contribution >= 0.6 is 27.5 Å². The van der Waals surface area contributed by atoms with Crippen molar-refractivity contribution in [2.75, 3.05) is 12.4 Å². The summed E-state index contributed by atoms with van der Waals surface area (Å²) in [6, 6.07) is 2.62. The maximum Gasteiger partial charge on any atom is 0.144 e. The fraction of sp³-hybridized carbons (Fsp3) is 0.455. The van der Waals surface area contributed by atoms with Gasteiger partial charge in [0.25, 0.3) is 0 Å². The first-order valence-electron chi connectivity index (χ1n) is 5.06. The van der Waals surface area contributed by atoms with E-state index in [1.165, 1.54) is 12.1 Å². The molecule has 1 rings (SSSR count). The highest BCUT2D eigenvalue weighted by molar-refractivity contribution is 9.10. The predicted molar refractivity (Wildman–Crippen MR) is 65.7 cm³/mol. The second-order valence-electron chi connectivity index (χ2n) is 3.39. The molecule has 0 bridgehead atoms. The molecule has 0 spiro atoms. The molecule has 0 saturated carbocycles. The highest BCUT2D eigenvalue weighted by atomic mass is 79.9. The van der Waals surface area contributed by atoms with Crippen LogP contribution in [0.1, 0.15) is 18.4 Å². The van der Waals surface area contributed by atoms with Crippen molar-refractivity contribution in [3.63, 3.8) is 0 Å². The van der Waals surface area contributed by atoms with E-state index < -0.39 is 11.6 Å². The first-order valence-corrected chi connectivity index (χ1v) is 6.38. The van der Waals surface area contributed by atoms with Gasteiger partial charge in [0.2, 0.25) is 0 Å². The van der Waals surface area contributed by atoms with E-state index in [0.717, 1.165) is 12.8 Å². The van der Waals surface area contributed by atoms with Crippen LogP contribution in [-0.2, 0) is 6.54 Å². The third-order valence-corrected chi connectivity index (χ3v) is 3.06. The summed E-state index contributed by atoms with van der Waals surface area (Å²) in [6.07, 6.45) is 1.80. The number of halogens is 4. The number of hydrogen-bond acceptors (Lipinski definition) is 1. The quantitative estimate of drug-likeness (QED) is 0.478. The Bertz CT molecular complexity index is 347. The van der Waals surface area contributed by atoms with Gasteiger partial charge in [-0.3, -0.25) is 0 Å². The Morgan fingerprint density at radius 2 is 2.00 bits per heavy atom.